The molecule has 1 saturated heterocycles. The van der Waals surface area contributed by atoms with Gasteiger partial charge in [-0.25, -0.2) is 0 Å². The van der Waals surface area contributed by atoms with E-state index in [0.29, 0.717) is 12.0 Å². The van der Waals surface area contributed by atoms with E-state index < -0.39 is 0 Å². The topological polar surface area (TPSA) is 47.3 Å². The molecule has 1 rings (SSSR count). The van der Waals surface area contributed by atoms with Crippen molar-refractivity contribution in [2.24, 2.45) is 29.4 Å². The van der Waals surface area contributed by atoms with E-state index in [1.165, 1.54) is 12.8 Å². The van der Waals surface area contributed by atoms with Gasteiger partial charge >= 0.3 is 0 Å². The number of nitrogens with one attached hydrogen (secondary N) is 1. The van der Waals surface area contributed by atoms with Crippen molar-refractivity contribution >= 4 is 0 Å². The molecule has 0 aromatic rings. The van der Waals surface area contributed by atoms with Gasteiger partial charge in [-0.3, -0.25) is 0 Å². The Morgan fingerprint density at radius 1 is 1.22 bits per heavy atom. The van der Waals surface area contributed by atoms with E-state index in [2.05, 4.69) is 33.0 Å². The molecule has 2 atom stereocenters. The molecule has 0 aliphatic carbocycles. The summed E-state index contributed by atoms with van der Waals surface area (Å²) in [7, 11) is 0. The smallest absolute Gasteiger partial charge is 0.0509 e. The third kappa shape index (κ3) is 4.87. The Bertz CT molecular complexity index is 205. The van der Waals surface area contributed by atoms with Gasteiger partial charge in [-0.1, -0.05) is 27.7 Å². The summed E-state index contributed by atoms with van der Waals surface area (Å²) in [6.07, 6.45) is 2.43. The van der Waals surface area contributed by atoms with Crippen molar-refractivity contribution in [1.29, 1.82) is 0 Å². The number of hydrogen-bond donors (Lipinski definition) is 2. The van der Waals surface area contributed by atoms with Crippen molar-refractivity contribution in [3.63, 3.8) is 0 Å². The van der Waals surface area contributed by atoms with Gasteiger partial charge in [0, 0.05) is 19.2 Å². The van der Waals surface area contributed by atoms with Crippen LogP contribution in [0.4, 0.5) is 0 Å². The predicted octanol–water partition coefficient (Wildman–Crippen LogP) is 2.26. The molecule has 0 radical (unpaired) electrons. The summed E-state index contributed by atoms with van der Waals surface area (Å²) in [5.41, 5.74) is 5.92. The van der Waals surface area contributed by atoms with E-state index in [9.17, 15) is 0 Å². The normalized spacial score (nSPS) is 23.0. The minimum Gasteiger partial charge on any atom is -0.381 e. The fourth-order valence-corrected chi connectivity index (χ4v) is 3.05. The fourth-order valence-electron chi connectivity index (χ4n) is 3.05. The van der Waals surface area contributed by atoms with Gasteiger partial charge in [0.25, 0.3) is 0 Å². The van der Waals surface area contributed by atoms with Gasteiger partial charge in [-0.2, -0.15) is 0 Å². The van der Waals surface area contributed by atoms with Gasteiger partial charge < -0.3 is 15.8 Å². The molecule has 2 unspecified atom stereocenters. The standard InChI is InChI=1S/C15H32N2O/c1-11(2)14(12(3)4)9-17-15(8-16)13-6-5-7-18-10-13/h11-15,17H,5-10,16H2,1-4H3. The second-order valence-electron chi connectivity index (χ2n) is 6.38. The largest absolute Gasteiger partial charge is 0.381 e. The number of hydrogen-bond acceptors (Lipinski definition) is 3. The highest BCUT2D eigenvalue weighted by Gasteiger charge is 2.25. The van der Waals surface area contributed by atoms with Gasteiger partial charge in [0.15, 0.2) is 0 Å². The molecule has 1 heterocycles. The molecule has 1 aliphatic rings. The van der Waals surface area contributed by atoms with Crippen LogP contribution in [0.15, 0.2) is 0 Å². The van der Waals surface area contributed by atoms with Crippen LogP contribution in [0.3, 0.4) is 0 Å². The number of ether oxygens (including phenoxy) is 1. The maximum absolute atomic E-state index is 5.92. The van der Waals surface area contributed by atoms with E-state index in [1.807, 2.05) is 0 Å². The van der Waals surface area contributed by atoms with Gasteiger partial charge in [0.1, 0.15) is 0 Å². The van der Waals surface area contributed by atoms with Crippen molar-refractivity contribution in [2.75, 3.05) is 26.3 Å². The first-order valence-electron chi connectivity index (χ1n) is 7.57. The molecule has 0 spiro atoms. The van der Waals surface area contributed by atoms with Crippen LogP contribution in [-0.4, -0.2) is 32.3 Å². The van der Waals surface area contributed by atoms with Crippen molar-refractivity contribution in [3.8, 4) is 0 Å². The van der Waals surface area contributed by atoms with E-state index in [1.54, 1.807) is 0 Å². The minimum atomic E-state index is 0.422. The lowest BCUT2D eigenvalue weighted by Crippen LogP contribution is -2.47. The first-order chi connectivity index (χ1) is 8.56. The number of nitrogens with two attached hydrogens (primary N) is 1. The molecule has 3 N–H and O–H groups in total. The summed E-state index contributed by atoms with van der Waals surface area (Å²) in [5, 5.41) is 3.70. The first kappa shape index (κ1) is 15.9. The average Bonchev–Trinajstić information content (AvgIpc) is 2.34. The lowest BCUT2D eigenvalue weighted by Gasteiger charge is -2.33. The zero-order chi connectivity index (χ0) is 13.5. The van der Waals surface area contributed by atoms with Crippen LogP contribution in [-0.2, 0) is 4.74 Å². The Morgan fingerprint density at radius 2 is 1.89 bits per heavy atom. The molecule has 108 valence electrons. The van der Waals surface area contributed by atoms with E-state index in [0.717, 1.165) is 44.1 Å². The maximum atomic E-state index is 5.92. The lowest BCUT2D eigenvalue weighted by molar-refractivity contribution is 0.0391. The van der Waals surface area contributed by atoms with Crippen molar-refractivity contribution in [1.82, 2.24) is 5.32 Å². The highest BCUT2D eigenvalue weighted by molar-refractivity contribution is 4.81. The Morgan fingerprint density at radius 3 is 2.33 bits per heavy atom. The van der Waals surface area contributed by atoms with E-state index in [-0.39, 0.29) is 0 Å². The van der Waals surface area contributed by atoms with Crippen LogP contribution in [0.25, 0.3) is 0 Å². The van der Waals surface area contributed by atoms with Crippen LogP contribution in [0.2, 0.25) is 0 Å². The van der Waals surface area contributed by atoms with Crippen molar-refractivity contribution in [3.05, 3.63) is 0 Å². The van der Waals surface area contributed by atoms with Crippen LogP contribution in [0.5, 0.6) is 0 Å². The summed E-state index contributed by atoms with van der Waals surface area (Å²) in [5.74, 6) is 2.77. The average molecular weight is 256 g/mol. The fraction of sp³-hybridized carbons (Fsp3) is 1.00. The third-order valence-corrected chi connectivity index (χ3v) is 4.35. The summed E-state index contributed by atoms with van der Waals surface area (Å²) in [6.45, 7) is 12.9. The van der Waals surface area contributed by atoms with Crippen LogP contribution in [0, 0.1) is 23.7 Å². The third-order valence-electron chi connectivity index (χ3n) is 4.35. The van der Waals surface area contributed by atoms with Crippen molar-refractivity contribution in [2.45, 2.75) is 46.6 Å². The first-order valence-corrected chi connectivity index (χ1v) is 7.57. The monoisotopic (exact) mass is 256 g/mol. The molecule has 1 fully saturated rings. The highest BCUT2D eigenvalue weighted by Crippen LogP contribution is 2.21. The van der Waals surface area contributed by atoms with E-state index >= 15 is 0 Å². The predicted molar refractivity (Wildman–Crippen MR) is 77.6 cm³/mol. The lowest BCUT2D eigenvalue weighted by atomic mass is 9.84. The van der Waals surface area contributed by atoms with Gasteiger partial charge in [0.05, 0.1) is 6.61 Å². The number of rotatable bonds is 7. The maximum Gasteiger partial charge on any atom is 0.0509 e. The Hall–Kier alpha value is -0.120. The van der Waals surface area contributed by atoms with Crippen molar-refractivity contribution < 1.29 is 4.74 Å². The second-order valence-corrected chi connectivity index (χ2v) is 6.38. The molecule has 0 aromatic carbocycles. The van der Waals surface area contributed by atoms with Gasteiger partial charge in [0.2, 0.25) is 0 Å². The summed E-state index contributed by atoms with van der Waals surface area (Å²) in [4.78, 5) is 0. The zero-order valence-electron chi connectivity index (χ0n) is 12.6. The molecule has 1 aliphatic heterocycles. The molecular weight excluding hydrogens is 224 g/mol. The summed E-state index contributed by atoms with van der Waals surface area (Å²) in [6, 6.07) is 0.422. The van der Waals surface area contributed by atoms with Gasteiger partial charge in [-0.15, -0.1) is 0 Å². The Labute approximate surface area is 113 Å². The molecule has 0 bridgehead atoms. The van der Waals surface area contributed by atoms with Crippen LogP contribution in [0.1, 0.15) is 40.5 Å². The molecule has 0 saturated carbocycles. The van der Waals surface area contributed by atoms with E-state index in [4.69, 9.17) is 10.5 Å². The SMILES string of the molecule is CC(C)C(CNC(CN)C1CCCOC1)C(C)C. The zero-order valence-corrected chi connectivity index (χ0v) is 12.6. The Balaban J connectivity index is 2.42. The van der Waals surface area contributed by atoms with Gasteiger partial charge in [-0.05, 0) is 43.1 Å². The molecule has 0 amide bonds. The highest BCUT2D eigenvalue weighted by atomic mass is 16.5. The molecule has 3 heteroatoms. The minimum absolute atomic E-state index is 0.422. The molecule has 18 heavy (non-hydrogen) atoms. The summed E-state index contributed by atoms with van der Waals surface area (Å²) >= 11 is 0. The molecular formula is C15H32N2O. The molecule has 0 aromatic heterocycles. The summed E-state index contributed by atoms with van der Waals surface area (Å²) < 4.78 is 5.57. The second kappa shape index (κ2) is 8.13. The Kier molecular flexibility index (Phi) is 7.20. The van der Waals surface area contributed by atoms with Crippen LogP contribution < -0.4 is 11.1 Å². The quantitative estimate of drug-likeness (QED) is 0.734. The molecule has 3 nitrogen and oxygen atoms in total. The van der Waals surface area contributed by atoms with Crippen LogP contribution >= 0.6 is 0 Å².